The number of anilines is 1. The number of nitrogens with zero attached hydrogens (tertiary/aromatic N) is 4. The number of thioether (sulfide) groups is 1. The van der Waals surface area contributed by atoms with E-state index >= 15 is 0 Å². The molecule has 1 fully saturated rings. The molecule has 0 aliphatic carbocycles. The van der Waals surface area contributed by atoms with E-state index in [1.807, 2.05) is 11.8 Å². The third kappa shape index (κ3) is 5.01. The Morgan fingerprint density at radius 1 is 1.12 bits per heavy atom. The highest BCUT2D eigenvalue weighted by Gasteiger charge is 2.13. The van der Waals surface area contributed by atoms with Crippen molar-refractivity contribution in [1.29, 1.82) is 0 Å². The van der Waals surface area contributed by atoms with Gasteiger partial charge in [0.1, 0.15) is 0 Å². The van der Waals surface area contributed by atoms with E-state index in [1.165, 1.54) is 49.2 Å². The maximum absolute atomic E-state index is 4.44. The summed E-state index contributed by atoms with van der Waals surface area (Å²) in [5.74, 6) is 2.09. The van der Waals surface area contributed by atoms with Crippen LogP contribution in [0.1, 0.15) is 43.1 Å². The third-order valence-corrected chi connectivity index (χ3v) is 5.96. The first-order valence-corrected chi connectivity index (χ1v) is 10.7. The van der Waals surface area contributed by atoms with Crippen LogP contribution < -0.4 is 5.32 Å². The number of piperidine rings is 1. The van der Waals surface area contributed by atoms with Crippen molar-refractivity contribution in [3.8, 4) is 0 Å². The molecule has 1 aliphatic rings. The lowest BCUT2D eigenvalue weighted by Gasteiger charge is -2.25. The smallest absolute Gasteiger partial charge is 0.191 e. The highest BCUT2D eigenvalue weighted by Crippen LogP contribution is 2.20. The molecular weight excluding hydrogens is 342 g/mol. The van der Waals surface area contributed by atoms with Crippen LogP contribution in [0.4, 0.5) is 5.69 Å². The number of aryl methyl sites for hydroxylation is 2. The fraction of sp³-hybridized carbons (Fsp3) is 0.600. The van der Waals surface area contributed by atoms with E-state index in [9.17, 15) is 0 Å². The molecule has 3 rings (SSSR count). The van der Waals surface area contributed by atoms with Gasteiger partial charge in [-0.2, -0.15) is 0 Å². The van der Waals surface area contributed by atoms with E-state index in [0.29, 0.717) is 6.54 Å². The Bertz CT molecular complexity index is 706. The van der Waals surface area contributed by atoms with Crippen molar-refractivity contribution in [1.82, 2.24) is 19.7 Å². The second-order valence-corrected chi connectivity index (χ2v) is 8.13. The molecule has 0 radical (unpaired) electrons. The first kappa shape index (κ1) is 19.2. The number of nitrogens with one attached hydrogen (secondary N) is 1. The number of hydrogen-bond donors (Lipinski definition) is 1. The van der Waals surface area contributed by atoms with Crippen LogP contribution >= 0.6 is 11.8 Å². The molecule has 0 saturated carbocycles. The average molecular weight is 374 g/mol. The van der Waals surface area contributed by atoms with Gasteiger partial charge in [0.15, 0.2) is 11.0 Å². The molecule has 6 heteroatoms. The summed E-state index contributed by atoms with van der Waals surface area (Å²) in [6, 6.07) is 6.49. The van der Waals surface area contributed by atoms with Gasteiger partial charge in [-0.05, 0) is 58.3 Å². The fourth-order valence-electron chi connectivity index (χ4n) is 3.51. The monoisotopic (exact) mass is 373 g/mol. The van der Waals surface area contributed by atoms with E-state index in [0.717, 1.165) is 29.8 Å². The molecule has 0 atom stereocenters. The number of likely N-dealkylation sites (tertiary alicyclic amines) is 1. The van der Waals surface area contributed by atoms with Crippen LogP contribution in [0.15, 0.2) is 23.4 Å². The van der Waals surface area contributed by atoms with Crippen molar-refractivity contribution in [2.24, 2.45) is 0 Å². The largest absolute Gasteiger partial charge is 0.378 e. The van der Waals surface area contributed by atoms with Crippen LogP contribution in [0.5, 0.6) is 0 Å². The third-order valence-electron chi connectivity index (χ3n) is 5.02. The minimum absolute atomic E-state index is 0.706. The Morgan fingerprint density at radius 3 is 2.65 bits per heavy atom. The van der Waals surface area contributed by atoms with Crippen LogP contribution in [0.3, 0.4) is 0 Å². The Kier molecular flexibility index (Phi) is 6.97. The van der Waals surface area contributed by atoms with Gasteiger partial charge >= 0.3 is 0 Å². The molecule has 1 saturated heterocycles. The maximum Gasteiger partial charge on any atom is 0.191 e. The van der Waals surface area contributed by atoms with Crippen LogP contribution in [-0.2, 0) is 13.1 Å². The molecule has 142 valence electrons. The first-order valence-electron chi connectivity index (χ1n) is 9.75. The van der Waals surface area contributed by atoms with Gasteiger partial charge in [-0.25, -0.2) is 0 Å². The zero-order chi connectivity index (χ0) is 18.4. The van der Waals surface area contributed by atoms with E-state index in [1.54, 1.807) is 0 Å². The molecule has 2 heterocycles. The molecule has 1 N–H and O–H groups in total. The molecular formula is C20H31N5S. The first-order chi connectivity index (χ1) is 12.7. The normalized spacial score (nSPS) is 15.3. The highest BCUT2D eigenvalue weighted by molar-refractivity contribution is 7.99. The van der Waals surface area contributed by atoms with E-state index in [2.05, 4.69) is 64.0 Å². The van der Waals surface area contributed by atoms with Gasteiger partial charge in [0, 0.05) is 24.5 Å². The van der Waals surface area contributed by atoms with Crippen LogP contribution in [0.2, 0.25) is 0 Å². The van der Waals surface area contributed by atoms with E-state index in [-0.39, 0.29) is 0 Å². The topological polar surface area (TPSA) is 46.0 Å². The maximum atomic E-state index is 4.44. The lowest BCUT2D eigenvalue weighted by atomic mass is 10.1. The van der Waals surface area contributed by atoms with Crippen molar-refractivity contribution in [2.45, 2.75) is 58.3 Å². The molecule has 2 aromatic rings. The SMILES string of the molecule is CCn1c(CNc2ccc(C)cc2C)nnc1SCCN1CCCCC1. The number of rotatable bonds is 8. The number of benzene rings is 1. The summed E-state index contributed by atoms with van der Waals surface area (Å²) in [7, 11) is 0. The molecule has 26 heavy (non-hydrogen) atoms. The molecule has 5 nitrogen and oxygen atoms in total. The zero-order valence-corrected chi connectivity index (χ0v) is 17.1. The predicted molar refractivity (Wildman–Crippen MR) is 110 cm³/mol. The summed E-state index contributed by atoms with van der Waals surface area (Å²) < 4.78 is 2.23. The van der Waals surface area contributed by atoms with E-state index < -0.39 is 0 Å². The Hall–Kier alpha value is -1.53. The summed E-state index contributed by atoms with van der Waals surface area (Å²) in [5.41, 5.74) is 3.72. The highest BCUT2D eigenvalue weighted by atomic mass is 32.2. The molecule has 1 aliphatic heterocycles. The van der Waals surface area contributed by atoms with Gasteiger partial charge in [-0.1, -0.05) is 35.9 Å². The summed E-state index contributed by atoms with van der Waals surface area (Å²) in [6.07, 6.45) is 4.10. The van der Waals surface area contributed by atoms with Gasteiger partial charge in [-0.15, -0.1) is 10.2 Å². The van der Waals surface area contributed by atoms with Crippen molar-refractivity contribution in [2.75, 3.05) is 30.7 Å². The molecule has 0 spiro atoms. The van der Waals surface area contributed by atoms with Crippen molar-refractivity contribution < 1.29 is 0 Å². The summed E-state index contributed by atoms with van der Waals surface area (Å²) in [4.78, 5) is 2.58. The fourth-order valence-corrected chi connectivity index (χ4v) is 4.53. The Balaban J connectivity index is 1.55. The second kappa shape index (κ2) is 9.42. The number of aromatic nitrogens is 3. The quantitative estimate of drug-likeness (QED) is 0.706. The van der Waals surface area contributed by atoms with Gasteiger partial charge in [0.25, 0.3) is 0 Å². The summed E-state index contributed by atoms with van der Waals surface area (Å²) in [5, 5.41) is 13.4. The van der Waals surface area contributed by atoms with Gasteiger partial charge in [0.2, 0.25) is 0 Å². The van der Waals surface area contributed by atoms with Crippen LogP contribution in [0.25, 0.3) is 0 Å². The van der Waals surface area contributed by atoms with Crippen molar-refractivity contribution in [3.63, 3.8) is 0 Å². The second-order valence-electron chi connectivity index (χ2n) is 7.07. The van der Waals surface area contributed by atoms with Gasteiger partial charge in [0.05, 0.1) is 6.54 Å². The summed E-state index contributed by atoms with van der Waals surface area (Å²) in [6.45, 7) is 11.7. The molecule has 0 amide bonds. The lowest BCUT2D eigenvalue weighted by molar-refractivity contribution is 0.242. The predicted octanol–water partition coefficient (Wildman–Crippen LogP) is 4.10. The van der Waals surface area contributed by atoms with Crippen LogP contribution in [-0.4, -0.2) is 45.1 Å². The molecule has 1 aromatic carbocycles. The lowest BCUT2D eigenvalue weighted by Crippen LogP contribution is -2.31. The minimum Gasteiger partial charge on any atom is -0.378 e. The minimum atomic E-state index is 0.706. The Labute approximate surface area is 161 Å². The summed E-state index contributed by atoms with van der Waals surface area (Å²) >= 11 is 1.83. The Morgan fingerprint density at radius 2 is 1.92 bits per heavy atom. The molecule has 0 unspecified atom stereocenters. The molecule has 1 aromatic heterocycles. The average Bonchev–Trinajstić information content (AvgIpc) is 3.04. The number of hydrogen-bond acceptors (Lipinski definition) is 5. The van der Waals surface area contributed by atoms with Crippen molar-refractivity contribution >= 4 is 17.4 Å². The van der Waals surface area contributed by atoms with Crippen LogP contribution in [0, 0.1) is 13.8 Å². The van der Waals surface area contributed by atoms with E-state index in [4.69, 9.17) is 0 Å². The van der Waals surface area contributed by atoms with Gasteiger partial charge < -0.3 is 14.8 Å². The van der Waals surface area contributed by atoms with Crippen molar-refractivity contribution in [3.05, 3.63) is 35.2 Å². The standard InChI is InChI=1S/C20H31N5S/c1-4-25-19(15-21-18-9-8-16(2)14-17(18)3)22-23-20(25)26-13-12-24-10-6-5-7-11-24/h8-9,14,21H,4-7,10-13,15H2,1-3H3. The zero-order valence-electron chi connectivity index (χ0n) is 16.3. The molecule has 0 bridgehead atoms. The van der Waals surface area contributed by atoms with Gasteiger partial charge in [-0.3, -0.25) is 0 Å².